The van der Waals surface area contributed by atoms with Crippen LogP contribution in [0.1, 0.15) is 39.8 Å². The first-order valence-electron chi connectivity index (χ1n) is 14.2. The molecule has 0 bridgehead atoms. The van der Waals surface area contributed by atoms with Crippen molar-refractivity contribution in [2.24, 2.45) is 0 Å². The summed E-state index contributed by atoms with van der Waals surface area (Å²) in [6.45, 7) is 4.21. The Morgan fingerprint density at radius 3 is 1.33 bits per heavy atom. The Bertz CT molecular complexity index is 2030. The van der Waals surface area contributed by atoms with Crippen LogP contribution in [0.2, 0.25) is 0 Å². The van der Waals surface area contributed by atoms with E-state index in [1.807, 2.05) is 32.1 Å². The van der Waals surface area contributed by atoms with Crippen molar-refractivity contribution in [3.63, 3.8) is 0 Å². The zero-order valence-corrected chi connectivity index (χ0v) is 27.8. The summed E-state index contributed by atoms with van der Waals surface area (Å²) in [4.78, 5) is -0.318. The van der Waals surface area contributed by atoms with Crippen molar-refractivity contribution in [1.82, 2.24) is 0 Å². The predicted octanol–water partition coefficient (Wildman–Crippen LogP) is 6.53. The van der Waals surface area contributed by atoms with Crippen LogP contribution >= 0.6 is 0 Å². The molecule has 0 radical (unpaired) electrons. The lowest BCUT2D eigenvalue weighted by Crippen LogP contribution is -2.15. The van der Waals surface area contributed by atoms with Gasteiger partial charge in [-0.3, -0.25) is 8.37 Å². The number of hydrogen-bond donors (Lipinski definition) is 0. The molecule has 0 atom stereocenters. The summed E-state index contributed by atoms with van der Waals surface area (Å²) in [5, 5.41) is 0. The number of aryl methyl sites for hydroxylation is 3. The van der Waals surface area contributed by atoms with Gasteiger partial charge in [-0.15, -0.1) is 0 Å². The summed E-state index contributed by atoms with van der Waals surface area (Å²) in [5.41, 5.74) is 4.07. The Morgan fingerprint density at radius 2 is 0.957 bits per heavy atom. The molecule has 0 N–H and O–H groups in total. The molecule has 0 saturated carbocycles. The van der Waals surface area contributed by atoms with E-state index >= 15 is 0 Å². The zero-order chi connectivity index (χ0) is 33.1. The van der Waals surface area contributed by atoms with Crippen LogP contribution in [0.4, 0.5) is 0 Å². The van der Waals surface area contributed by atoms with Crippen molar-refractivity contribution in [2.45, 2.75) is 55.1 Å². The third-order valence-corrected chi connectivity index (χ3v) is 11.0. The van der Waals surface area contributed by atoms with Gasteiger partial charge in [0.25, 0.3) is 20.2 Å². The first-order chi connectivity index (χ1) is 21.7. The van der Waals surface area contributed by atoms with Gasteiger partial charge in [0.15, 0.2) is 5.75 Å². The van der Waals surface area contributed by atoms with Crippen LogP contribution in [0, 0.1) is 20.8 Å². The molecular formula is C34H32O9S3. The van der Waals surface area contributed by atoms with Crippen molar-refractivity contribution in [3.8, 4) is 5.75 Å². The normalized spacial score (nSPS) is 13.5. The molecule has 0 unspecified atom stereocenters. The largest absolute Gasteiger partial charge is 0.378 e. The second-order valence-corrected chi connectivity index (χ2v) is 15.6. The minimum Gasteiger partial charge on any atom is -0.378 e. The molecule has 1 aliphatic rings. The maximum Gasteiger partial charge on any atom is 0.339 e. The van der Waals surface area contributed by atoms with Crippen molar-refractivity contribution in [3.05, 3.63) is 137 Å². The van der Waals surface area contributed by atoms with Crippen molar-refractivity contribution >= 4 is 35.9 Å². The van der Waals surface area contributed by atoms with E-state index in [1.54, 1.807) is 55.5 Å². The summed E-state index contributed by atoms with van der Waals surface area (Å²) in [5.74, 6) is -0.297. The van der Waals surface area contributed by atoms with E-state index in [9.17, 15) is 25.3 Å². The van der Waals surface area contributed by atoms with Gasteiger partial charge in [-0.1, -0.05) is 71.3 Å². The van der Waals surface area contributed by atoms with Gasteiger partial charge in [0, 0.05) is 11.1 Å². The second kappa shape index (κ2) is 13.3. The molecule has 9 nitrogen and oxygen atoms in total. The second-order valence-electron chi connectivity index (χ2n) is 10.9. The summed E-state index contributed by atoms with van der Waals surface area (Å²) >= 11 is 0. The fourth-order valence-electron chi connectivity index (χ4n) is 4.61. The average Bonchev–Trinajstić information content (AvgIpc) is 3.56. The van der Waals surface area contributed by atoms with E-state index in [1.165, 1.54) is 36.4 Å². The highest BCUT2D eigenvalue weighted by molar-refractivity contribution is 7.87. The molecule has 0 heterocycles. The molecule has 0 spiro atoms. The quantitative estimate of drug-likeness (QED) is 0.153. The van der Waals surface area contributed by atoms with Crippen LogP contribution in [0.3, 0.4) is 0 Å². The van der Waals surface area contributed by atoms with Gasteiger partial charge in [0.1, 0.15) is 4.90 Å². The molecule has 12 heteroatoms. The molecule has 0 fully saturated rings. The van der Waals surface area contributed by atoms with Gasteiger partial charge in [0.2, 0.25) is 0 Å². The molecule has 0 saturated heterocycles. The van der Waals surface area contributed by atoms with E-state index in [-0.39, 0.29) is 31.6 Å². The van der Waals surface area contributed by atoms with Crippen molar-refractivity contribution in [2.75, 3.05) is 0 Å². The third-order valence-electron chi connectivity index (χ3n) is 7.25. The fourth-order valence-corrected chi connectivity index (χ4v) is 7.39. The van der Waals surface area contributed by atoms with E-state index < -0.39 is 43.6 Å². The Kier molecular flexibility index (Phi) is 9.66. The third kappa shape index (κ3) is 7.83. The van der Waals surface area contributed by atoms with Crippen LogP contribution in [0.25, 0.3) is 5.57 Å². The molecule has 0 aromatic heterocycles. The molecule has 5 rings (SSSR count). The molecule has 0 amide bonds. The number of rotatable bonds is 12. The molecule has 240 valence electrons. The van der Waals surface area contributed by atoms with Crippen molar-refractivity contribution in [1.29, 1.82) is 0 Å². The van der Waals surface area contributed by atoms with Gasteiger partial charge in [-0.25, -0.2) is 0 Å². The molecule has 4 aromatic carbocycles. The van der Waals surface area contributed by atoms with Gasteiger partial charge in [-0.05, 0) is 86.9 Å². The van der Waals surface area contributed by atoms with E-state index in [0.717, 1.165) is 22.3 Å². The number of allylic oxidation sites excluding steroid dienone is 4. The van der Waals surface area contributed by atoms with E-state index in [0.29, 0.717) is 12.0 Å². The number of benzene rings is 4. The Balaban J connectivity index is 1.59. The van der Waals surface area contributed by atoms with Crippen molar-refractivity contribution < 1.29 is 37.8 Å². The highest BCUT2D eigenvalue weighted by Gasteiger charge is 2.26. The van der Waals surface area contributed by atoms with Crippen LogP contribution in [0.5, 0.6) is 5.75 Å². The van der Waals surface area contributed by atoms with Crippen LogP contribution in [-0.4, -0.2) is 25.3 Å². The lowest BCUT2D eigenvalue weighted by Gasteiger charge is -2.19. The maximum absolute atomic E-state index is 13.5. The summed E-state index contributed by atoms with van der Waals surface area (Å²) in [7, 11) is -13.0. The lowest BCUT2D eigenvalue weighted by molar-refractivity contribution is 0.296. The monoisotopic (exact) mass is 680 g/mol. The van der Waals surface area contributed by atoms with Gasteiger partial charge in [0.05, 0.1) is 23.0 Å². The average molecular weight is 681 g/mol. The highest BCUT2D eigenvalue weighted by Crippen LogP contribution is 2.36. The molecule has 0 aliphatic heterocycles. The first kappa shape index (κ1) is 33.3. The lowest BCUT2D eigenvalue weighted by atomic mass is 9.98. The van der Waals surface area contributed by atoms with Gasteiger partial charge < -0.3 is 4.18 Å². The molecule has 4 aromatic rings. The topological polar surface area (TPSA) is 130 Å². The molecule has 1 aliphatic carbocycles. The van der Waals surface area contributed by atoms with E-state index in [2.05, 4.69) is 0 Å². The summed E-state index contributed by atoms with van der Waals surface area (Å²) < 4.78 is 96.0. The summed E-state index contributed by atoms with van der Waals surface area (Å²) in [6.07, 6.45) is 6.15. The fraction of sp³-hybridized carbons (Fsp3) is 0.176. The first-order valence-corrected chi connectivity index (χ1v) is 18.4. The Labute approximate surface area is 270 Å². The molecular weight excluding hydrogens is 649 g/mol. The van der Waals surface area contributed by atoms with E-state index in [4.69, 9.17) is 12.5 Å². The smallest absolute Gasteiger partial charge is 0.339 e. The minimum absolute atomic E-state index is 0.0583. The summed E-state index contributed by atoms with van der Waals surface area (Å²) in [6, 6.07) is 21.3. The maximum atomic E-state index is 13.5. The minimum atomic E-state index is -4.47. The Hall–Kier alpha value is -4.07. The van der Waals surface area contributed by atoms with Gasteiger partial charge in [-0.2, -0.15) is 25.3 Å². The van der Waals surface area contributed by atoms with Crippen LogP contribution < -0.4 is 4.18 Å². The predicted molar refractivity (Wildman–Crippen MR) is 173 cm³/mol. The standard InChI is InChI=1S/C34H32O9S3/c1-24-8-14-31(15-9-24)44(35,36)41-22-29-20-28(27-6-4-5-7-27)21-30(23-42-45(37,38)32-16-10-25(2)11-17-32)34(29)43-46(39,40)33-18-12-26(3)13-19-33/h4-6,8-21H,7,22-23H2,1-3H3. The Morgan fingerprint density at radius 1 is 0.565 bits per heavy atom. The van der Waals surface area contributed by atoms with Crippen LogP contribution in [0.15, 0.2) is 118 Å². The SMILES string of the molecule is Cc1ccc(S(=O)(=O)OCc2cc(C3=CC=CC3)cc(COS(=O)(=O)c3ccc(C)cc3)c2OS(=O)(=O)c2ccc(C)cc2)cc1. The van der Waals surface area contributed by atoms with Gasteiger partial charge >= 0.3 is 10.1 Å². The zero-order valence-electron chi connectivity index (χ0n) is 25.3. The molecule has 46 heavy (non-hydrogen) atoms. The van der Waals surface area contributed by atoms with Crippen LogP contribution in [-0.2, 0) is 51.9 Å². The highest BCUT2D eigenvalue weighted by atomic mass is 32.2. The number of hydrogen-bond acceptors (Lipinski definition) is 9.